The van der Waals surface area contributed by atoms with Gasteiger partial charge in [-0.05, 0) is 48.7 Å². The number of amides is 1. The second-order valence-electron chi connectivity index (χ2n) is 7.25. The number of alkyl halides is 3. The van der Waals surface area contributed by atoms with Gasteiger partial charge in [-0.25, -0.2) is 0 Å². The van der Waals surface area contributed by atoms with E-state index >= 15 is 0 Å². The summed E-state index contributed by atoms with van der Waals surface area (Å²) in [7, 11) is 0. The van der Waals surface area contributed by atoms with Crippen molar-refractivity contribution in [2.45, 2.75) is 69.3 Å². The number of rotatable bonds is 10. The van der Waals surface area contributed by atoms with Crippen LogP contribution in [0.3, 0.4) is 0 Å². The molecule has 0 aliphatic carbocycles. The van der Waals surface area contributed by atoms with Crippen LogP contribution in [0.15, 0.2) is 24.3 Å². The molecule has 0 aliphatic rings. The zero-order chi connectivity index (χ0) is 21.2. The SMILES string of the molecule is CCCCCCc1ccc(NC(=S)N[C@H](NC(=O)CC(C)C)C(Cl)(Cl)Cl)cc1. The summed E-state index contributed by atoms with van der Waals surface area (Å²) >= 11 is 23.3. The fourth-order valence-electron chi connectivity index (χ4n) is 2.60. The van der Waals surface area contributed by atoms with Crippen molar-refractivity contribution in [1.82, 2.24) is 10.6 Å². The zero-order valence-electron chi connectivity index (χ0n) is 16.7. The summed E-state index contributed by atoms with van der Waals surface area (Å²) in [5.74, 6) is -0.0179. The van der Waals surface area contributed by atoms with Gasteiger partial charge in [0, 0.05) is 12.1 Å². The van der Waals surface area contributed by atoms with Crippen molar-refractivity contribution in [3.8, 4) is 0 Å². The number of unbranched alkanes of at least 4 members (excludes halogenated alkanes) is 3. The molecular formula is C20H30Cl3N3OS. The first-order valence-electron chi connectivity index (χ1n) is 9.64. The van der Waals surface area contributed by atoms with Crippen LogP contribution in [-0.4, -0.2) is 21.0 Å². The molecule has 0 aromatic heterocycles. The summed E-state index contributed by atoms with van der Waals surface area (Å²) in [5, 5.41) is 8.86. The number of aryl methyl sites for hydroxylation is 1. The molecule has 0 heterocycles. The molecule has 0 radical (unpaired) electrons. The number of thiocarbonyl (C=S) groups is 1. The molecule has 0 bridgehead atoms. The van der Waals surface area contributed by atoms with E-state index < -0.39 is 9.96 Å². The molecule has 1 aromatic rings. The van der Waals surface area contributed by atoms with Crippen LogP contribution < -0.4 is 16.0 Å². The Morgan fingerprint density at radius 2 is 1.71 bits per heavy atom. The van der Waals surface area contributed by atoms with E-state index in [4.69, 9.17) is 47.0 Å². The highest BCUT2D eigenvalue weighted by atomic mass is 35.6. The minimum absolute atomic E-state index is 0.196. The normalized spacial score (nSPS) is 12.5. The molecule has 28 heavy (non-hydrogen) atoms. The summed E-state index contributed by atoms with van der Waals surface area (Å²) in [6, 6.07) is 8.08. The van der Waals surface area contributed by atoms with Gasteiger partial charge in [-0.1, -0.05) is 87.0 Å². The number of anilines is 1. The van der Waals surface area contributed by atoms with Gasteiger partial charge >= 0.3 is 0 Å². The number of benzene rings is 1. The maximum Gasteiger partial charge on any atom is 0.228 e. The van der Waals surface area contributed by atoms with Crippen molar-refractivity contribution >= 4 is 63.7 Å². The van der Waals surface area contributed by atoms with Crippen molar-refractivity contribution in [2.75, 3.05) is 5.32 Å². The predicted molar refractivity (Wildman–Crippen MR) is 125 cm³/mol. The Morgan fingerprint density at radius 1 is 1.07 bits per heavy atom. The van der Waals surface area contributed by atoms with Crippen LogP contribution in [0.5, 0.6) is 0 Å². The molecule has 0 fully saturated rings. The van der Waals surface area contributed by atoms with Crippen LogP contribution in [0.2, 0.25) is 0 Å². The molecule has 3 N–H and O–H groups in total. The van der Waals surface area contributed by atoms with E-state index in [9.17, 15) is 4.79 Å². The molecule has 1 aromatic carbocycles. The quantitative estimate of drug-likeness (QED) is 0.172. The van der Waals surface area contributed by atoms with Gasteiger partial charge in [0.1, 0.15) is 6.17 Å². The van der Waals surface area contributed by atoms with Crippen LogP contribution in [0.4, 0.5) is 5.69 Å². The molecular weight excluding hydrogens is 437 g/mol. The number of halogens is 3. The van der Waals surface area contributed by atoms with Crippen molar-refractivity contribution < 1.29 is 4.79 Å². The topological polar surface area (TPSA) is 53.2 Å². The Hall–Kier alpha value is -0.750. The highest BCUT2D eigenvalue weighted by molar-refractivity contribution is 7.80. The fraction of sp³-hybridized carbons (Fsp3) is 0.600. The molecule has 158 valence electrons. The van der Waals surface area contributed by atoms with Crippen molar-refractivity contribution in [3.63, 3.8) is 0 Å². The highest BCUT2D eigenvalue weighted by Crippen LogP contribution is 2.29. The number of nitrogens with one attached hydrogen (secondary N) is 3. The van der Waals surface area contributed by atoms with Crippen molar-refractivity contribution in [2.24, 2.45) is 5.92 Å². The summed E-state index contributed by atoms with van der Waals surface area (Å²) < 4.78 is -1.75. The molecule has 0 spiro atoms. The van der Waals surface area contributed by atoms with Crippen LogP contribution in [0, 0.1) is 5.92 Å². The van der Waals surface area contributed by atoms with Gasteiger partial charge in [0.05, 0.1) is 0 Å². The van der Waals surface area contributed by atoms with E-state index in [0.717, 1.165) is 12.1 Å². The molecule has 1 atom stereocenters. The molecule has 0 aliphatic heterocycles. The average molecular weight is 467 g/mol. The monoisotopic (exact) mass is 465 g/mol. The van der Waals surface area contributed by atoms with Gasteiger partial charge in [0.2, 0.25) is 9.70 Å². The predicted octanol–water partition coefficient (Wildman–Crippen LogP) is 5.95. The summed E-state index contributed by atoms with van der Waals surface area (Å²) in [6.07, 6.45) is 5.42. The smallest absolute Gasteiger partial charge is 0.228 e. The van der Waals surface area contributed by atoms with Crippen molar-refractivity contribution in [3.05, 3.63) is 29.8 Å². The van der Waals surface area contributed by atoms with Crippen LogP contribution in [0.25, 0.3) is 0 Å². The summed E-state index contributed by atoms with van der Waals surface area (Å²) in [6.45, 7) is 6.09. The molecule has 1 rings (SSSR count). The van der Waals surface area contributed by atoms with E-state index in [1.165, 1.54) is 31.2 Å². The van der Waals surface area contributed by atoms with Gasteiger partial charge in [0.15, 0.2) is 5.11 Å². The highest BCUT2D eigenvalue weighted by Gasteiger charge is 2.34. The van der Waals surface area contributed by atoms with Gasteiger partial charge in [-0.3, -0.25) is 4.79 Å². The third-order valence-corrected chi connectivity index (χ3v) is 4.91. The second kappa shape index (κ2) is 12.7. The lowest BCUT2D eigenvalue weighted by atomic mass is 10.1. The molecule has 0 saturated heterocycles. The third kappa shape index (κ3) is 10.7. The Morgan fingerprint density at radius 3 is 2.25 bits per heavy atom. The van der Waals surface area contributed by atoms with E-state index in [1.807, 2.05) is 26.0 Å². The van der Waals surface area contributed by atoms with Gasteiger partial charge in [-0.15, -0.1) is 0 Å². The van der Waals surface area contributed by atoms with E-state index in [-0.39, 0.29) is 16.9 Å². The first-order chi connectivity index (χ1) is 13.1. The maximum absolute atomic E-state index is 12.0. The van der Waals surface area contributed by atoms with Crippen LogP contribution >= 0.6 is 47.0 Å². The number of carbonyl (C=O) groups is 1. The van der Waals surface area contributed by atoms with E-state index in [1.54, 1.807) is 0 Å². The minimum atomic E-state index is -1.75. The first kappa shape index (κ1) is 25.3. The standard InChI is InChI=1S/C20H30Cl3N3OS/c1-4-5-6-7-8-15-9-11-16(12-10-15)24-19(28)26-18(20(21,22)23)25-17(27)13-14(2)3/h9-12,14,18H,4-8,13H2,1-3H3,(H,25,27)(H2,24,26,28)/t18-/m0/s1. The Balaban J connectivity index is 2.58. The summed E-state index contributed by atoms with van der Waals surface area (Å²) in [4.78, 5) is 12.0. The zero-order valence-corrected chi connectivity index (χ0v) is 19.7. The van der Waals surface area contributed by atoms with Crippen LogP contribution in [-0.2, 0) is 11.2 Å². The van der Waals surface area contributed by atoms with E-state index in [2.05, 4.69) is 35.0 Å². The fourth-order valence-corrected chi connectivity index (χ4v) is 3.16. The van der Waals surface area contributed by atoms with Gasteiger partial charge in [0.25, 0.3) is 0 Å². The maximum atomic E-state index is 12.0. The Kier molecular flexibility index (Phi) is 11.5. The largest absolute Gasteiger partial charge is 0.339 e. The second-order valence-corrected chi connectivity index (χ2v) is 10.0. The van der Waals surface area contributed by atoms with E-state index in [0.29, 0.717) is 6.42 Å². The minimum Gasteiger partial charge on any atom is -0.339 e. The third-order valence-electron chi connectivity index (χ3n) is 4.03. The van der Waals surface area contributed by atoms with Gasteiger partial charge in [-0.2, -0.15) is 0 Å². The summed E-state index contributed by atoms with van der Waals surface area (Å²) in [5.41, 5.74) is 2.12. The number of hydrogen-bond donors (Lipinski definition) is 3. The molecule has 0 saturated carbocycles. The number of carbonyl (C=O) groups excluding carboxylic acids is 1. The molecule has 1 amide bonds. The lowest BCUT2D eigenvalue weighted by molar-refractivity contribution is -0.122. The average Bonchev–Trinajstić information content (AvgIpc) is 2.58. The number of hydrogen-bond acceptors (Lipinski definition) is 2. The Labute approximate surface area is 189 Å². The molecule has 0 unspecified atom stereocenters. The first-order valence-corrected chi connectivity index (χ1v) is 11.2. The van der Waals surface area contributed by atoms with Crippen molar-refractivity contribution in [1.29, 1.82) is 0 Å². The Bertz CT molecular complexity index is 618. The molecule has 8 heteroatoms. The van der Waals surface area contributed by atoms with Crippen LogP contribution in [0.1, 0.15) is 58.4 Å². The lowest BCUT2D eigenvalue weighted by Crippen LogP contribution is -2.56. The lowest BCUT2D eigenvalue weighted by Gasteiger charge is -2.28. The van der Waals surface area contributed by atoms with Gasteiger partial charge < -0.3 is 16.0 Å². The molecule has 4 nitrogen and oxygen atoms in total.